The number of guanidine groups is 1. The van der Waals surface area contributed by atoms with E-state index in [9.17, 15) is 8.78 Å². The third-order valence-electron chi connectivity index (χ3n) is 3.47. The van der Waals surface area contributed by atoms with Crippen LogP contribution in [0.5, 0.6) is 0 Å². The normalized spacial score (nSPS) is 11.1. The molecule has 3 nitrogen and oxygen atoms in total. The van der Waals surface area contributed by atoms with Gasteiger partial charge in [0.1, 0.15) is 11.6 Å². The van der Waals surface area contributed by atoms with Crippen molar-refractivity contribution >= 4 is 41.3 Å². The molecular formula is C17H22F2IN3S. The van der Waals surface area contributed by atoms with E-state index in [4.69, 9.17) is 0 Å². The van der Waals surface area contributed by atoms with E-state index >= 15 is 0 Å². The van der Waals surface area contributed by atoms with Crippen molar-refractivity contribution in [2.24, 2.45) is 4.99 Å². The minimum Gasteiger partial charge on any atom is -0.356 e. The molecule has 1 heterocycles. The number of benzene rings is 1. The summed E-state index contributed by atoms with van der Waals surface area (Å²) in [5.41, 5.74) is 0.631. The van der Waals surface area contributed by atoms with Gasteiger partial charge in [0.15, 0.2) is 5.96 Å². The number of halogens is 3. The first-order valence-corrected chi connectivity index (χ1v) is 8.35. The molecule has 0 radical (unpaired) electrons. The average molecular weight is 465 g/mol. The van der Waals surface area contributed by atoms with Crippen LogP contribution in [0.2, 0.25) is 0 Å². The van der Waals surface area contributed by atoms with E-state index in [1.165, 1.54) is 17.0 Å². The van der Waals surface area contributed by atoms with Crippen LogP contribution in [0.3, 0.4) is 0 Å². The van der Waals surface area contributed by atoms with E-state index in [1.807, 2.05) is 18.0 Å². The maximum atomic E-state index is 13.2. The fourth-order valence-corrected chi connectivity index (χ4v) is 3.00. The molecule has 0 amide bonds. The largest absolute Gasteiger partial charge is 0.356 e. The van der Waals surface area contributed by atoms with Crippen LogP contribution in [0, 0.1) is 11.6 Å². The molecule has 132 valence electrons. The third kappa shape index (κ3) is 6.72. The summed E-state index contributed by atoms with van der Waals surface area (Å²) >= 11 is 1.74. The van der Waals surface area contributed by atoms with Gasteiger partial charge in [-0.2, -0.15) is 0 Å². The Kier molecular flexibility index (Phi) is 9.20. The molecule has 0 fully saturated rings. The highest BCUT2D eigenvalue weighted by molar-refractivity contribution is 14.0. The molecule has 2 aromatic rings. The van der Waals surface area contributed by atoms with Gasteiger partial charge in [-0.05, 0) is 42.0 Å². The summed E-state index contributed by atoms with van der Waals surface area (Å²) in [4.78, 5) is 7.62. The van der Waals surface area contributed by atoms with Crippen molar-refractivity contribution in [2.75, 3.05) is 27.2 Å². The van der Waals surface area contributed by atoms with Gasteiger partial charge in [0.05, 0.1) is 0 Å². The lowest BCUT2D eigenvalue weighted by Gasteiger charge is -2.21. The van der Waals surface area contributed by atoms with E-state index in [2.05, 4.69) is 21.8 Å². The highest BCUT2D eigenvalue weighted by Gasteiger charge is 2.07. The number of hydrogen-bond acceptors (Lipinski definition) is 2. The standard InChI is InChI=1S/C17H21F2N3S.HI/c1-20-17(22(2)8-6-16-4-3-9-23-16)21-7-5-13-10-14(18)12-15(19)11-13;/h3-4,9-12H,5-8H2,1-2H3,(H,20,21);1H. The van der Waals surface area contributed by atoms with E-state index in [1.54, 1.807) is 18.4 Å². The Bertz CT molecular complexity index is 627. The molecule has 0 aliphatic heterocycles. The lowest BCUT2D eigenvalue weighted by molar-refractivity contribution is 0.487. The molecule has 24 heavy (non-hydrogen) atoms. The molecule has 1 aromatic carbocycles. The van der Waals surface area contributed by atoms with Gasteiger partial charge in [0, 0.05) is 38.1 Å². The summed E-state index contributed by atoms with van der Waals surface area (Å²) < 4.78 is 26.3. The predicted octanol–water partition coefficient (Wildman–Crippen LogP) is 3.94. The van der Waals surface area contributed by atoms with E-state index < -0.39 is 11.6 Å². The van der Waals surface area contributed by atoms with Gasteiger partial charge < -0.3 is 10.2 Å². The fraction of sp³-hybridized carbons (Fsp3) is 0.353. The van der Waals surface area contributed by atoms with Crippen molar-refractivity contribution in [3.8, 4) is 0 Å². The van der Waals surface area contributed by atoms with Crippen LogP contribution < -0.4 is 5.32 Å². The maximum Gasteiger partial charge on any atom is 0.193 e. The van der Waals surface area contributed by atoms with Crippen LogP contribution >= 0.6 is 35.3 Å². The van der Waals surface area contributed by atoms with Crippen LogP contribution in [0.1, 0.15) is 10.4 Å². The van der Waals surface area contributed by atoms with Gasteiger partial charge in [-0.3, -0.25) is 4.99 Å². The number of thiophene rings is 1. The molecule has 1 N–H and O–H groups in total. The summed E-state index contributed by atoms with van der Waals surface area (Å²) in [7, 11) is 3.70. The topological polar surface area (TPSA) is 27.6 Å². The second kappa shape index (κ2) is 10.6. The Morgan fingerprint density at radius 1 is 1.21 bits per heavy atom. The number of hydrogen-bond donors (Lipinski definition) is 1. The molecule has 1 aromatic heterocycles. The minimum atomic E-state index is -0.544. The SMILES string of the molecule is CN=C(NCCc1cc(F)cc(F)c1)N(C)CCc1cccs1.I. The zero-order chi connectivity index (χ0) is 16.7. The summed E-state index contributed by atoms with van der Waals surface area (Å²) in [5.74, 6) is -0.312. The van der Waals surface area contributed by atoms with Gasteiger partial charge in [0.25, 0.3) is 0 Å². The summed E-state index contributed by atoms with van der Waals surface area (Å²) in [6.07, 6.45) is 1.50. The Hall–Kier alpha value is -1.22. The molecule has 0 bridgehead atoms. The van der Waals surface area contributed by atoms with Crippen molar-refractivity contribution in [1.82, 2.24) is 10.2 Å². The Morgan fingerprint density at radius 2 is 1.92 bits per heavy atom. The van der Waals surface area contributed by atoms with E-state index in [-0.39, 0.29) is 24.0 Å². The van der Waals surface area contributed by atoms with Crippen molar-refractivity contribution < 1.29 is 8.78 Å². The molecule has 0 saturated heterocycles. The Balaban J connectivity index is 0.00000288. The molecule has 0 aliphatic carbocycles. The van der Waals surface area contributed by atoms with Crippen molar-refractivity contribution in [3.05, 3.63) is 57.8 Å². The third-order valence-corrected chi connectivity index (χ3v) is 4.40. The molecule has 7 heteroatoms. The number of rotatable bonds is 6. The Morgan fingerprint density at radius 3 is 2.50 bits per heavy atom. The number of nitrogens with one attached hydrogen (secondary N) is 1. The van der Waals surface area contributed by atoms with E-state index in [0.717, 1.165) is 25.0 Å². The van der Waals surface area contributed by atoms with Gasteiger partial charge in [-0.25, -0.2) is 8.78 Å². The lowest BCUT2D eigenvalue weighted by atomic mass is 10.1. The highest BCUT2D eigenvalue weighted by atomic mass is 127. The quantitative estimate of drug-likeness (QED) is 0.398. The first-order chi connectivity index (χ1) is 11.1. The van der Waals surface area contributed by atoms with Gasteiger partial charge >= 0.3 is 0 Å². The minimum absolute atomic E-state index is 0. The molecule has 0 aliphatic rings. The fourth-order valence-electron chi connectivity index (χ4n) is 2.30. The molecule has 0 saturated carbocycles. The van der Waals surface area contributed by atoms with Crippen molar-refractivity contribution in [2.45, 2.75) is 12.8 Å². The zero-order valence-corrected chi connectivity index (χ0v) is 16.9. The van der Waals surface area contributed by atoms with Crippen LogP contribution in [-0.2, 0) is 12.8 Å². The highest BCUT2D eigenvalue weighted by Crippen LogP contribution is 2.10. The van der Waals surface area contributed by atoms with Gasteiger partial charge in [-0.1, -0.05) is 6.07 Å². The van der Waals surface area contributed by atoms with Gasteiger partial charge in [0.2, 0.25) is 0 Å². The second-order valence-electron chi connectivity index (χ2n) is 5.25. The van der Waals surface area contributed by atoms with Gasteiger partial charge in [-0.15, -0.1) is 35.3 Å². The molecule has 2 rings (SSSR count). The lowest BCUT2D eigenvalue weighted by Crippen LogP contribution is -2.40. The molecule has 0 unspecified atom stereocenters. The van der Waals surface area contributed by atoms with Crippen LogP contribution in [-0.4, -0.2) is 38.0 Å². The number of aliphatic imine (C=N–C) groups is 1. The summed E-state index contributed by atoms with van der Waals surface area (Å²) in [6.45, 7) is 1.42. The smallest absolute Gasteiger partial charge is 0.193 e. The molecule has 0 spiro atoms. The first-order valence-electron chi connectivity index (χ1n) is 7.47. The van der Waals surface area contributed by atoms with Crippen molar-refractivity contribution in [3.63, 3.8) is 0 Å². The summed E-state index contributed by atoms with van der Waals surface area (Å²) in [6, 6.07) is 7.76. The molecule has 0 atom stereocenters. The van der Waals surface area contributed by atoms with Crippen molar-refractivity contribution in [1.29, 1.82) is 0 Å². The van der Waals surface area contributed by atoms with Crippen LogP contribution in [0.4, 0.5) is 8.78 Å². The second-order valence-corrected chi connectivity index (χ2v) is 6.28. The predicted molar refractivity (Wildman–Crippen MR) is 107 cm³/mol. The molecular weight excluding hydrogens is 443 g/mol. The summed E-state index contributed by atoms with van der Waals surface area (Å²) in [5, 5.41) is 5.29. The number of nitrogens with zero attached hydrogens (tertiary/aromatic N) is 2. The average Bonchev–Trinajstić information content (AvgIpc) is 3.01. The first kappa shape index (κ1) is 20.8. The van der Waals surface area contributed by atoms with Crippen LogP contribution in [0.25, 0.3) is 0 Å². The van der Waals surface area contributed by atoms with E-state index in [0.29, 0.717) is 18.5 Å². The monoisotopic (exact) mass is 465 g/mol. The van der Waals surface area contributed by atoms with Crippen LogP contribution in [0.15, 0.2) is 40.7 Å². The maximum absolute atomic E-state index is 13.2. The number of likely N-dealkylation sites (N-methyl/N-ethyl adjacent to an activating group) is 1. The zero-order valence-electron chi connectivity index (χ0n) is 13.8. The Labute approximate surface area is 162 Å².